The van der Waals surface area contributed by atoms with Crippen LogP contribution in [0, 0.1) is 0 Å². The highest BCUT2D eigenvalue weighted by atomic mass is 19.4. The number of nitrogens with zero attached hydrogens (tertiary/aromatic N) is 2. The van der Waals surface area contributed by atoms with Crippen molar-refractivity contribution in [1.29, 1.82) is 0 Å². The third-order valence-corrected chi connectivity index (χ3v) is 3.25. The second-order valence-corrected chi connectivity index (χ2v) is 5.37. The quantitative estimate of drug-likeness (QED) is 0.709. The molecule has 4 N–H and O–H groups in total. The van der Waals surface area contributed by atoms with E-state index in [2.05, 4.69) is 17.1 Å². The number of aliphatic hydroxyl groups is 1. The van der Waals surface area contributed by atoms with Gasteiger partial charge in [0.1, 0.15) is 6.10 Å². The zero-order chi connectivity index (χ0) is 19.7. The number of halogens is 3. The predicted octanol–water partition coefficient (Wildman–Crippen LogP) is 2.92. The maximum atomic E-state index is 10.6. The number of hydrogen-bond acceptors (Lipinski definition) is 6. The first-order valence-corrected chi connectivity index (χ1v) is 7.79. The molecule has 0 saturated carbocycles. The number of carboxylic acids is 1. The van der Waals surface area contributed by atoms with Gasteiger partial charge in [0.2, 0.25) is 11.8 Å². The standard InChI is InChI=1S/C14H19N3O2.C2HF3O2/c1-2-3-9-11(15)12(18)14-17-16-13(19-14)10-7-5-4-6-8-10;3-2(4,5)1(6)7/h4-8,11-12,18H,2-3,9,15H2,1H3;(H,6,7). The Hall–Kier alpha value is -2.46. The number of unbranched alkanes of at least 4 members (excludes halogenated alkanes) is 1. The van der Waals surface area contributed by atoms with E-state index in [0.29, 0.717) is 5.89 Å². The van der Waals surface area contributed by atoms with Crippen LogP contribution in [0.3, 0.4) is 0 Å². The van der Waals surface area contributed by atoms with Crippen LogP contribution in [0.5, 0.6) is 0 Å². The molecule has 26 heavy (non-hydrogen) atoms. The van der Waals surface area contributed by atoms with Gasteiger partial charge in [0.05, 0.1) is 0 Å². The van der Waals surface area contributed by atoms with E-state index in [-0.39, 0.29) is 11.9 Å². The molecule has 0 bridgehead atoms. The van der Waals surface area contributed by atoms with Crippen LogP contribution in [0.15, 0.2) is 34.7 Å². The van der Waals surface area contributed by atoms with Gasteiger partial charge in [0.15, 0.2) is 0 Å². The lowest BCUT2D eigenvalue weighted by Crippen LogP contribution is -2.28. The number of benzene rings is 1. The smallest absolute Gasteiger partial charge is 0.475 e. The number of alkyl halides is 3. The minimum atomic E-state index is -5.08. The minimum Gasteiger partial charge on any atom is -0.475 e. The summed E-state index contributed by atoms with van der Waals surface area (Å²) in [6.45, 7) is 2.08. The van der Waals surface area contributed by atoms with E-state index in [1.54, 1.807) is 0 Å². The Morgan fingerprint density at radius 1 is 1.27 bits per heavy atom. The molecule has 1 aromatic carbocycles. The number of aliphatic hydroxyl groups excluding tert-OH is 1. The Morgan fingerprint density at radius 3 is 2.35 bits per heavy atom. The summed E-state index contributed by atoms with van der Waals surface area (Å²) in [6, 6.07) is 9.08. The Kier molecular flexibility index (Phi) is 8.20. The molecule has 2 rings (SSSR count). The van der Waals surface area contributed by atoms with Crippen LogP contribution in [0.4, 0.5) is 13.2 Å². The van der Waals surface area contributed by atoms with Crippen molar-refractivity contribution in [3.8, 4) is 11.5 Å². The van der Waals surface area contributed by atoms with E-state index in [1.165, 1.54) is 0 Å². The predicted molar refractivity (Wildman–Crippen MR) is 85.9 cm³/mol. The average Bonchev–Trinajstić information content (AvgIpc) is 3.09. The minimum absolute atomic E-state index is 0.183. The van der Waals surface area contributed by atoms with Gasteiger partial charge in [0.25, 0.3) is 0 Å². The summed E-state index contributed by atoms with van der Waals surface area (Å²) in [7, 11) is 0. The Bertz CT molecular complexity index is 677. The fourth-order valence-electron chi connectivity index (χ4n) is 1.83. The third kappa shape index (κ3) is 6.81. The van der Waals surface area contributed by atoms with E-state index in [4.69, 9.17) is 20.1 Å². The molecule has 0 radical (unpaired) electrons. The van der Waals surface area contributed by atoms with Crippen LogP contribution in [0.25, 0.3) is 11.5 Å². The van der Waals surface area contributed by atoms with Gasteiger partial charge in [-0.05, 0) is 18.6 Å². The van der Waals surface area contributed by atoms with Crippen LogP contribution in [-0.4, -0.2) is 38.6 Å². The molecular weight excluding hydrogens is 355 g/mol. The van der Waals surface area contributed by atoms with Gasteiger partial charge >= 0.3 is 12.1 Å². The molecular formula is C16H20F3N3O4. The zero-order valence-corrected chi connectivity index (χ0v) is 14.0. The molecule has 2 aromatic rings. The SMILES string of the molecule is CCCCC(N)C(O)c1nnc(-c2ccccc2)o1.O=C(O)C(F)(F)F. The van der Waals surface area contributed by atoms with Crippen molar-refractivity contribution in [3.63, 3.8) is 0 Å². The molecule has 0 aliphatic heterocycles. The van der Waals surface area contributed by atoms with Crippen molar-refractivity contribution in [3.05, 3.63) is 36.2 Å². The number of hydrogen-bond donors (Lipinski definition) is 3. The summed E-state index contributed by atoms with van der Waals surface area (Å²) in [4.78, 5) is 8.90. The number of aromatic nitrogens is 2. The maximum absolute atomic E-state index is 10.6. The summed E-state index contributed by atoms with van der Waals surface area (Å²) in [6.07, 6.45) is -3.24. The Balaban J connectivity index is 0.000000412. The first-order valence-electron chi connectivity index (χ1n) is 7.79. The van der Waals surface area contributed by atoms with Crippen LogP contribution >= 0.6 is 0 Å². The molecule has 1 aromatic heterocycles. The maximum Gasteiger partial charge on any atom is 0.490 e. The average molecular weight is 375 g/mol. The van der Waals surface area contributed by atoms with Crippen LogP contribution < -0.4 is 5.73 Å². The van der Waals surface area contributed by atoms with Gasteiger partial charge in [0, 0.05) is 11.6 Å². The Morgan fingerprint density at radius 2 is 1.85 bits per heavy atom. The van der Waals surface area contributed by atoms with Gasteiger partial charge in [-0.3, -0.25) is 0 Å². The number of carboxylic acid groups (broad SMARTS) is 1. The molecule has 0 spiro atoms. The molecule has 2 atom stereocenters. The van der Waals surface area contributed by atoms with Crippen molar-refractivity contribution in [2.75, 3.05) is 0 Å². The monoisotopic (exact) mass is 375 g/mol. The molecule has 7 nitrogen and oxygen atoms in total. The summed E-state index contributed by atoms with van der Waals surface area (Å²) in [5.74, 6) is -2.17. The van der Waals surface area contributed by atoms with Crippen LogP contribution in [-0.2, 0) is 4.79 Å². The normalized spacial score (nSPS) is 13.5. The van der Waals surface area contributed by atoms with Crippen LogP contribution in [0.2, 0.25) is 0 Å². The fourth-order valence-corrected chi connectivity index (χ4v) is 1.83. The topological polar surface area (TPSA) is 122 Å². The fraction of sp³-hybridized carbons (Fsp3) is 0.438. The summed E-state index contributed by atoms with van der Waals surface area (Å²) in [5, 5.41) is 25.0. The largest absolute Gasteiger partial charge is 0.490 e. The van der Waals surface area contributed by atoms with Crippen LogP contribution in [0.1, 0.15) is 38.2 Å². The third-order valence-electron chi connectivity index (χ3n) is 3.25. The van der Waals surface area contributed by atoms with E-state index < -0.39 is 18.2 Å². The second-order valence-electron chi connectivity index (χ2n) is 5.37. The van der Waals surface area contributed by atoms with Gasteiger partial charge in [-0.25, -0.2) is 4.79 Å². The molecule has 0 fully saturated rings. The van der Waals surface area contributed by atoms with Gasteiger partial charge < -0.3 is 20.4 Å². The lowest BCUT2D eigenvalue weighted by molar-refractivity contribution is -0.192. The molecule has 10 heteroatoms. The van der Waals surface area contributed by atoms with E-state index in [0.717, 1.165) is 24.8 Å². The molecule has 0 aliphatic rings. The lowest BCUT2D eigenvalue weighted by Gasteiger charge is -2.14. The van der Waals surface area contributed by atoms with Crippen molar-refractivity contribution in [2.45, 2.75) is 44.5 Å². The second kappa shape index (κ2) is 9.88. The summed E-state index contributed by atoms with van der Waals surface area (Å²) >= 11 is 0. The molecule has 2 unspecified atom stereocenters. The molecule has 144 valence electrons. The van der Waals surface area contributed by atoms with Crippen molar-refractivity contribution >= 4 is 5.97 Å². The number of rotatable bonds is 6. The van der Waals surface area contributed by atoms with Crippen molar-refractivity contribution in [1.82, 2.24) is 10.2 Å². The molecule has 1 heterocycles. The summed E-state index contributed by atoms with van der Waals surface area (Å²) in [5.41, 5.74) is 6.73. The molecule has 0 saturated heterocycles. The highest BCUT2D eigenvalue weighted by molar-refractivity contribution is 5.73. The van der Waals surface area contributed by atoms with Crippen molar-refractivity contribution < 1.29 is 32.6 Å². The highest BCUT2D eigenvalue weighted by Gasteiger charge is 2.38. The van der Waals surface area contributed by atoms with Crippen molar-refractivity contribution in [2.24, 2.45) is 5.73 Å². The van der Waals surface area contributed by atoms with E-state index >= 15 is 0 Å². The van der Waals surface area contributed by atoms with E-state index in [9.17, 15) is 18.3 Å². The molecule has 0 amide bonds. The number of nitrogens with two attached hydrogens (primary N) is 1. The first kappa shape index (κ1) is 21.6. The summed E-state index contributed by atoms with van der Waals surface area (Å²) < 4.78 is 37.2. The van der Waals surface area contributed by atoms with E-state index in [1.807, 2.05) is 30.3 Å². The number of aliphatic carboxylic acids is 1. The lowest BCUT2D eigenvalue weighted by atomic mass is 10.1. The Labute approximate surface area is 147 Å². The zero-order valence-electron chi connectivity index (χ0n) is 14.0. The van der Waals surface area contributed by atoms with Gasteiger partial charge in [-0.1, -0.05) is 38.0 Å². The molecule has 0 aliphatic carbocycles. The van der Waals surface area contributed by atoms with Gasteiger partial charge in [-0.2, -0.15) is 13.2 Å². The highest BCUT2D eigenvalue weighted by Crippen LogP contribution is 2.22. The van der Waals surface area contributed by atoms with Gasteiger partial charge in [-0.15, -0.1) is 10.2 Å². The first-order chi connectivity index (χ1) is 12.2. The number of carbonyl (C=O) groups is 1.